The van der Waals surface area contributed by atoms with Gasteiger partial charge in [-0.05, 0) is 31.3 Å². The molecule has 5 heteroatoms. The lowest BCUT2D eigenvalue weighted by molar-refractivity contribution is -0.142. The van der Waals surface area contributed by atoms with E-state index in [0.29, 0.717) is 13.0 Å². The van der Waals surface area contributed by atoms with Gasteiger partial charge in [-0.2, -0.15) is 0 Å². The zero-order valence-electron chi connectivity index (χ0n) is 8.66. The minimum Gasteiger partial charge on any atom is -0.480 e. The average Bonchev–Trinajstić information content (AvgIpc) is 2.43. The van der Waals surface area contributed by atoms with Crippen LogP contribution < -0.4 is 5.32 Å². The molecule has 0 aliphatic carbocycles. The predicted molar refractivity (Wildman–Crippen MR) is 53.4 cm³/mol. The highest BCUT2D eigenvalue weighted by molar-refractivity contribution is 5.83. The van der Waals surface area contributed by atoms with Gasteiger partial charge in [0.1, 0.15) is 6.54 Å². The van der Waals surface area contributed by atoms with Crippen molar-refractivity contribution in [2.75, 3.05) is 26.2 Å². The summed E-state index contributed by atoms with van der Waals surface area (Å²) in [6.45, 7) is 2.36. The van der Waals surface area contributed by atoms with Crippen molar-refractivity contribution in [2.45, 2.75) is 19.3 Å². The van der Waals surface area contributed by atoms with Crippen LogP contribution in [0, 0.1) is 5.41 Å². The summed E-state index contributed by atoms with van der Waals surface area (Å²) in [4.78, 5) is 23.7. The number of carbonyl (C=O) groups is 2. The van der Waals surface area contributed by atoms with Crippen LogP contribution in [0.4, 0.5) is 0 Å². The number of carboxylic acid groups (broad SMARTS) is 1. The van der Waals surface area contributed by atoms with E-state index in [1.807, 2.05) is 0 Å². The predicted octanol–water partition coefficient (Wildman–Crippen LogP) is -0.327. The van der Waals surface area contributed by atoms with Crippen molar-refractivity contribution >= 4 is 11.9 Å². The van der Waals surface area contributed by atoms with Crippen LogP contribution in [0.25, 0.3) is 0 Å². The molecule has 2 fully saturated rings. The molecule has 2 aliphatic rings. The second-order valence-electron chi connectivity index (χ2n) is 4.57. The monoisotopic (exact) mass is 212 g/mol. The second-order valence-corrected chi connectivity index (χ2v) is 4.57. The Morgan fingerprint density at radius 3 is 2.73 bits per heavy atom. The lowest BCUT2D eigenvalue weighted by Gasteiger charge is -2.32. The van der Waals surface area contributed by atoms with Gasteiger partial charge in [-0.15, -0.1) is 0 Å². The smallest absolute Gasteiger partial charge is 0.323 e. The highest BCUT2D eigenvalue weighted by Gasteiger charge is 2.43. The fraction of sp³-hybridized carbons (Fsp3) is 0.800. The van der Waals surface area contributed by atoms with Crippen molar-refractivity contribution in [1.82, 2.24) is 10.2 Å². The molecule has 2 aliphatic heterocycles. The molecule has 2 heterocycles. The maximum atomic E-state index is 11.6. The van der Waals surface area contributed by atoms with Crippen LogP contribution in [0.15, 0.2) is 0 Å². The number of carbonyl (C=O) groups excluding carboxylic acids is 1. The maximum Gasteiger partial charge on any atom is 0.323 e. The molecule has 0 atom stereocenters. The molecule has 0 aromatic rings. The molecule has 0 aromatic carbocycles. The van der Waals surface area contributed by atoms with E-state index < -0.39 is 5.97 Å². The van der Waals surface area contributed by atoms with Gasteiger partial charge in [0, 0.05) is 13.0 Å². The molecular formula is C10H16N2O3. The number of nitrogens with one attached hydrogen (secondary N) is 1. The summed E-state index contributed by atoms with van der Waals surface area (Å²) in [7, 11) is 0. The molecular weight excluding hydrogens is 196 g/mol. The molecule has 84 valence electrons. The molecule has 15 heavy (non-hydrogen) atoms. The Bertz CT molecular complexity index is 284. The summed E-state index contributed by atoms with van der Waals surface area (Å²) in [5.74, 6) is -0.923. The van der Waals surface area contributed by atoms with E-state index in [1.54, 1.807) is 0 Å². The Labute approximate surface area is 88.4 Å². The SMILES string of the molecule is O=C(O)CN1CC2(CCNCC2)CC1=O. The largest absolute Gasteiger partial charge is 0.480 e. The van der Waals surface area contributed by atoms with Gasteiger partial charge < -0.3 is 15.3 Å². The Morgan fingerprint density at radius 1 is 1.47 bits per heavy atom. The number of carboxylic acids is 1. The normalized spacial score (nSPS) is 24.8. The van der Waals surface area contributed by atoms with E-state index >= 15 is 0 Å². The van der Waals surface area contributed by atoms with Gasteiger partial charge >= 0.3 is 5.97 Å². The molecule has 0 unspecified atom stereocenters. The Morgan fingerprint density at radius 2 is 2.13 bits per heavy atom. The summed E-state index contributed by atoms with van der Waals surface area (Å²) >= 11 is 0. The zero-order valence-corrected chi connectivity index (χ0v) is 8.66. The number of nitrogens with zero attached hydrogens (tertiary/aromatic N) is 1. The van der Waals surface area contributed by atoms with E-state index in [4.69, 9.17) is 5.11 Å². The van der Waals surface area contributed by atoms with E-state index in [9.17, 15) is 9.59 Å². The molecule has 0 aromatic heterocycles. The topological polar surface area (TPSA) is 69.6 Å². The van der Waals surface area contributed by atoms with Gasteiger partial charge in [0.2, 0.25) is 5.91 Å². The van der Waals surface area contributed by atoms with E-state index in [1.165, 1.54) is 4.90 Å². The summed E-state index contributed by atoms with van der Waals surface area (Å²) in [6.07, 6.45) is 2.49. The van der Waals surface area contributed by atoms with E-state index in [2.05, 4.69) is 5.32 Å². The standard InChI is InChI=1S/C10H16N2O3/c13-8-5-10(1-3-11-4-2-10)7-12(8)6-9(14)15/h11H,1-7H2,(H,14,15). The van der Waals surface area contributed by atoms with E-state index in [-0.39, 0.29) is 17.9 Å². The number of likely N-dealkylation sites (tertiary alicyclic amines) is 1. The first-order valence-corrected chi connectivity index (χ1v) is 5.32. The molecule has 2 rings (SSSR count). The summed E-state index contributed by atoms with van der Waals surface area (Å²) in [5.41, 5.74) is 0.0534. The minimum atomic E-state index is -0.922. The number of rotatable bonds is 2. The Hall–Kier alpha value is -1.10. The van der Waals surface area contributed by atoms with Crippen LogP contribution in [-0.2, 0) is 9.59 Å². The Balaban J connectivity index is 2.01. The maximum absolute atomic E-state index is 11.6. The first-order chi connectivity index (χ1) is 7.11. The highest BCUT2D eigenvalue weighted by Crippen LogP contribution is 2.38. The van der Waals surface area contributed by atoms with Crippen molar-refractivity contribution in [3.05, 3.63) is 0 Å². The van der Waals surface area contributed by atoms with Crippen molar-refractivity contribution in [2.24, 2.45) is 5.41 Å². The lowest BCUT2D eigenvalue weighted by atomic mass is 9.78. The lowest BCUT2D eigenvalue weighted by Crippen LogP contribution is -2.39. The zero-order chi connectivity index (χ0) is 10.9. The van der Waals surface area contributed by atoms with Gasteiger partial charge in [0.05, 0.1) is 0 Å². The average molecular weight is 212 g/mol. The second kappa shape index (κ2) is 3.81. The highest BCUT2D eigenvalue weighted by atomic mass is 16.4. The molecule has 1 amide bonds. The fourth-order valence-corrected chi connectivity index (χ4v) is 2.58. The van der Waals surface area contributed by atoms with Crippen molar-refractivity contribution in [3.8, 4) is 0 Å². The Kier molecular flexibility index (Phi) is 2.65. The van der Waals surface area contributed by atoms with Crippen molar-refractivity contribution in [3.63, 3.8) is 0 Å². The molecule has 5 nitrogen and oxygen atoms in total. The van der Waals surface area contributed by atoms with Crippen LogP contribution in [0.1, 0.15) is 19.3 Å². The summed E-state index contributed by atoms with van der Waals surface area (Å²) in [6, 6.07) is 0. The summed E-state index contributed by atoms with van der Waals surface area (Å²) in [5, 5.41) is 11.9. The van der Waals surface area contributed by atoms with Gasteiger partial charge in [0.25, 0.3) is 0 Å². The van der Waals surface area contributed by atoms with Crippen LogP contribution in [0.3, 0.4) is 0 Å². The van der Waals surface area contributed by atoms with Crippen LogP contribution >= 0.6 is 0 Å². The molecule has 2 saturated heterocycles. The summed E-state index contributed by atoms with van der Waals surface area (Å²) < 4.78 is 0. The van der Waals surface area contributed by atoms with E-state index in [0.717, 1.165) is 25.9 Å². The van der Waals surface area contributed by atoms with Gasteiger partial charge in [-0.3, -0.25) is 9.59 Å². The number of aliphatic carboxylic acids is 1. The molecule has 0 saturated carbocycles. The number of piperidine rings is 1. The molecule has 0 radical (unpaired) electrons. The van der Waals surface area contributed by atoms with Crippen molar-refractivity contribution in [1.29, 1.82) is 0 Å². The quantitative estimate of drug-likeness (QED) is 0.657. The molecule has 2 N–H and O–H groups in total. The molecule has 0 bridgehead atoms. The third-order valence-electron chi connectivity index (χ3n) is 3.40. The number of hydrogen-bond donors (Lipinski definition) is 2. The first kappa shape index (κ1) is 10.4. The number of hydrogen-bond acceptors (Lipinski definition) is 3. The minimum absolute atomic E-state index is 0.000648. The third kappa shape index (κ3) is 2.12. The third-order valence-corrected chi connectivity index (χ3v) is 3.40. The molecule has 1 spiro atoms. The van der Waals surface area contributed by atoms with Crippen LogP contribution in [0.2, 0.25) is 0 Å². The fourth-order valence-electron chi connectivity index (χ4n) is 2.58. The van der Waals surface area contributed by atoms with Gasteiger partial charge in [-0.1, -0.05) is 0 Å². The van der Waals surface area contributed by atoms with Crippen LogP contribution in [0.5, 0.6) is 0 Å². The van der Waals surface area contributed by atoms with Gasteiger partial charge in [-0.25, -0.2) is 0 Å². The van der Waals surface area contributed by atoms with Crippen LogP contribution in [-0.4, -0.2) is 48.1 Å². The first-order valence-electron chi connectivity index (χ1n) is 5.32. The number of amides is 1. The van der Waals surface area contributed by atoms with Crippen molar-refractivity contribution < 1.29 is 14.7 Å². The van der Waals surface area contributed by atoms with Gasteiger partial charge in [0.15, 0.2) is 0 Å².